The molecule has 0 saturated heterocycles. The van der Waals surface area contributed by atoms with E-state index in [1.54, 1.807) is 13.0 Å². The number of aliphatic hydroxyl groups is 1. The van der Waals surface area contributed by atoms with Crippen LogP contribution in [0.2, 0.25) is 0 Å². The number of rotatable bonds is 2. The minimum absolute atomic E-state index is 0.0289. The number of amides is 1. The number of aromatic nitrogens is 2. The van der Waals surface area contributed by atoms with Crippen LogP contribution in [-0.4, -0.2) is 39.8 Å². The Morgan fingerprint density at radius 2 is 2.06 bits per heavy atom. The van der Waals surface area contributed by atoms with Crippen molar-refractivity contribution < 1.29 is 28.6 Å². The molecule has 35 heavy (non-hydrogen) atoms. The summed E-state index contributed by atoms with van der Waals surface area (Å²) < 4.78 is 27.0. The standard InChI is InChI=1S/C24H21FN4O6/c1-3-24(33)13-4-16-19-11(7-28(16)22(31)12(13)8-34-23(24)32)10(2)18-15(27-19)5-14(25)21-20(18)29(9-35-21)17(30)6-26/h4-5,33H,3,6-9,26H2,1-2H3/t24-/m0/s1. The number of hydrogen-bond donors (Lipinski definition) is 2. The van der Waals surface area contributed by atoms with Crippen LogP contribution in [0.25, 0.3) is 22.3 Å². The lowest BCUT2D eigenvalue weighted by Crippen LogP contribution is -2.44. The molecule has 5 heterocycles. The lowest BCUT2D eigenvalue weighted by atomic mass is 9.86. The maximum absolute atomic E-state index is 14.9. The van der Waals surface area contributed by atoms with Crippen molar-refractivity contribution in [3.05, 3.63) is 50.6 Å². The predicted molar refractivity (Wildman–Crippen MR) is 121 cm³/mol. The Morgan fingerprint density at radius 3 is 2.77 bits per heavy atom. The van der Waals surface area contributed by atoms with Gasteiger partial charge in [-0.3, -0.25) is 14.5 Å². The maximum Gasteiger partial charge on any atom is 0.343 e. The minimum Gasteiger partial charge on any atom is -0.467 e. The molecule has 0 bridgehead atoms. The van der Waals surface area contributed by atoms with Gasteiger partial charge in [0, 0.05) is 22.6 Å². The van der Waals surface area contributed by atoms with Gasteiger partial charge in [-0.25, -0.2) is 14.2 Å². The van der Waals surface area contributed by atoms with E-state index in [0.29, 0.717) is 27.9 Å². The highest BCUT2D eigenvalue weighted by atomic mass is 19.1. The van der Waals surface area contributed by atoms with Gasteiger partial charge in [-0.05, 0) is 25.0 Å². The molecule has 11 heteroatoms. The third kappa shape index (κ3) is 2.64. The number of carbonyl (C=O) groups excluding carboxylic acids is 2. The van der Waals surface area contributed by atoms with E-state index in [0.717, 1.165) is 0 Å². The normalized spacial score (nSPS) is 19.7. The van der Waals surface area contributed by atoms with Crippen LogP contribution in [-0.2, 0) is 33.1 Å². The van der Waals surface area contributed by atoms with E-state index in [-0.39, 0.29) is 60.9 Å². The van der Waals surface area contributed by atoms with Gasteiger partial charge >= 0.3 is 5.97 Å². The second-order valence-corrected chi connectivity index (χ2v) is 8.90. The van der Waals surface area contributed by atoms with Crippen molar-refractivity contribution in [2.45, 2.75) is 39.0 Å². The summed E-state index contributed by atoms with van der Waals surface area (Å²) in [6, 6.07) is 2.83. The molecule has 0 saturated carbocycles. The van der Waals surface area contributed by atoms with Gasteiger partial charge in [0.1, 0.15) is 12.3 Å². The summed E-state index contributed by atoms with van der Waals surface area (Å²) in [5, 5.41) is 11.6. The summed E-state index contributed by atoms with van der Waals surface area (Å²) in [4.78, 5) is 44.2. The molecule has 3 aromatic rings. The molecule has 3 aliphatic heterocycles. The molecule has 10 nitrogen and oxygen atoms in total. The average molecular weight is 480 g/mol. The Bertz CT molecular complexity index is 1560. The van der Waals surface area contributed by atoms with E-state index >= 15 is 0 Å². The van der Waals surface area contributed by atoms with Crippen molar-refractivity contribution in [2.75, 3.05) is 18.2 Å². The van der Waals surface area contributed by atoms with Gasteiger partial charge in [-0.2, -0.15) is 0 Å². The Hall–Kier alpha value is -3.83. The topological polar surface area (TPSA) is 137 Å². The summed E-state index contributed by atoms with van der Waals surface area (Å²) >= 11 is 0. The number of anilines is 1. The Labute approximate surface area is 197 Å². The summed E-state index contributed by atoms with van der Waals surface area (Å²) in [7, 11) is 0. The quantitative estimate of drug-likeness (QED) is 0.408. The van der Waals surface area contributed by atoms with Crippen molar-refractivity contribution in [2.24, 2.45) is 5.73 Å². The van der Waals surface area contributed by atoms with Gasteiger partial charge in [-0.1, -0.05) is 6.92 Å². The monoisotopic (exact) mass is 480 g/mol. The number of carbonyl (C=O) groups is 2. The zero-order valence-electron chi connectivity index (χ0n) is 19.0. The van der Waals surface area contributed by atoms with Gasteiger partial charge in [-0.15, -0.1) is 0 Å². The molecule has 6 rings (SSSR count). The number of benzene rings is 1. The van der Waals surface area contributed by atoms with Gasteiger partial charge in [0.2, 0.25) is 5.91 Å². The van der Waals surface area contributed by atoms with E-state index < -0.39 is 28.9 Å². The molecule has 1 atom stereocenters. The van der Waals surface area contributed by atoms with Gasteiger partial charge in [0.15, 0.2) is 23.9 Å². The highest BCUT2D eigenvalue weighted by Crippen LogP contribution is 2.47. The van der Waals surface area contributed by atoms with Crippen molar-refractivity contribution in [3.63, 3.8) is 0 Å². The molecule has 180 valence electrons. The number of ether oxygens (including phenoxy) is 2. The molecule has 2 aromatic heterocycles. The largest absolute Gasteiger partial charge is 0.467 e. The molecule has 0 aliphatic carbocycles. The number of nitrogens with two attached hydrogens (primary N) is 1. The maximum atomic E-state index is 14.9. The first-order chi connectivity index (χ1) is 16.7. The lowest BCUT2D eigenvalue weighted by Gasteiger charge is -2.31. The molecule has 3 aliphatic rings. The molecule has 1 amide bonds. The Morgan fingerprint density at radius 1 is 1.29 bits per heavy atom. The fraction of sp³-hybridized carbons (Fsp3) is 0.333. The van der Waals surface area contributed by atoms with Crippen molar-refractivity contribution >= 4 is 28.5 Å². The lowest BCUT2D eigenvalue weighted by molar-refractivity contribution is -0.172. The van der Waals surface area contributed by atoms with Crippen molar-refractivity contribution in [1.82, 2.24) is 9.55 Å². The fourth-order valence-corrected chi connectivity index (χ4v) is 5.29. The summed E-state index contributed by atoms with van der Waals surface area (Å²) in [5.41, 5.74) is 6.47. The number of nitrogens with zero attached hydrogens (tertiary/aromatic N) is 3. The van der Waals surface area contributed by atoms with E-state index in [1.807, 2.05) is 6.92 Å². The van der Waals surface area contributed by atoms with Gasteiger partial charge in [0.05, 0.1) is 35.6 Å². The number of cyclic esters (lactones) is 1. The number of esters is 1. The molecule has 0 fully saturated rings. The number of halogens is 1. The third-order valence-corrected chi connectivity index (χ3v) is 7.22. The smallest absolute Gasteiger partial charge is 0.343 e. The summed E-state index contributed by atoms with van der Waals surface area (Å²) in [5.74, 6) is -1.95. The molecular formula is C24H21FN4O6. The first-order valence-corrected chi connectivity index (χ1v) is 11.2. The van der Waals surface area contributed by atoms with E-state index in [1.165, 1.54) is 15.5 Å². The van der Waals surface area contributed by atoms with E-state index in [2.05, 4.69) is 4.98 Å². The van der Waals surface area contributed by atoms with Crippen LogP contribution in [0, 0.1) is 12.7 Å². The molecule has 3 N–H and O–H groups in total. The summed E-state index contributed by atoms with van der Waals surface area (Å²) in [6.07, 6.45) is 0.0289. The summed E-state index contributed by atoms with van der Waals surface area (Å²) in [6.45, 7) is 2.97. The highest BCUT2D eigenvalue weighted by Gasteiger charge is 2.45. The number of hydrogen-bond acceptors (Lipinski definition) is 8. The van der Waals surface area contributed by atoms with Crippen LogP contribution < -0.4 is 20.9 Å². The predicted octanol–water partition coefficient (Wildman–Crippen LogP) is 1.17. The number of aryl methyl sites for hydroxylation is 1. The van der Waals surface area contributed by atoms with Crippen molar-refractivity contribution in [1.29, 1.82) is 0 Å². The Balaban J connectivity index is 1.64. The van der Waals surface area contributed by atoms with Crippen LogP contribution in [0.15, 0.2) is 16.9 Å². The van der Waals surface area contributed by atoms with Crippen LogP contribution in [0.3, 0.4) is 0 Å². The molecule has 1 aromatic carbocycles. The van der Waals surface area contributed by atoms with Crippen LogP contribution in [0.1, 0.15) is 35.6 Å². The molecule has 0 unspecified atom stereocenters. The average Bonchev–Trinajstić information content (AvgIpc) is 3.45. The highest BCUT2D eigenvalue weighted by molar-refractivity contribution is 6.09. The van der Waals surface area contributed by atoms with Crippen LogP contribution in [0.5, 0.6) is 5.75 Å². The van der Waals surface area contributed by atoms with Crippen molar-refractivity contribution in [3.8, 4) is 17.1 Å². The van der Waals surface area contributed by atoms with Gasteiger partial charge < -0.3 is 24.9 Å². The molecular weight excluding hydrogens is 459 g/mol. The van der Waals surface area contributed by atoms with Gasteiger partial charge in [0.25, 0.3) is 5.56 Å². The number of pyridine rings is 2. The minimum atomic E-state index is -1.94. The van der Waals surface area contributed by atoms with E-state index in [9.17, 15) is 23.9 Å². The SMILES string of the molecule is CC[C@@]1(O)C(=O)OCc2c1cc1n(c2=O)Cc2c-1nc1cc(F)c3c(c1c2C)N(C(=O)CN)CO3. The first kappa shape index (κ1) is 21.7. The molecule has 0 radical (unpaired) electrons. The zero-order chi connectivity index (χ0) is 24.8. The second kappa shape index (κ2) is 7.09. The zero-order valence-corrected chi connectivity index (χ0v) is 19.0. The second-order valence-electron chi connectivity index (χ2n) is 8.90. The number of fused-ring (bicyclic) bond motifs is 7. The third-order valence-electron chi connectivity index (χ3n) is 7.22. The molecule has 0 spiro atoms. The van der Waals surface area contributed by atoms with E-state index in [4.69, 9.17) is 15.2 Å². The fourth-order valence-electron chi connectivity index (χ4n) is 5.29. The van der Waals surface area contributed by atoms with Crippen LogP contribution in [0.4, 0.5) is 10.1 Å². The Kier molecular flexibility index (Phi) is 4.39. The first-order valence-electron chi connectivity index (χ1n) is 11.2. The van der Waals surface area contributed by atoms with Crippen LogP contribution >= 0.6 is 0 Å².